The lowest BCUT2D eigenvalue weighted by Gasteiger charge is -2.10. The third-order valence-corrected chi connectivity index (χ3v) is 2.92. The second-order valence-electron chi connectivity index (χ2n) is 4.02. The van der Waals surface area contributed by atoms with Gasteiger partial charge in [-0.05, 0) is 49.4 Å². The fourth-order valence-electron chi connectivity index (χ4n) is 1.81. The highest BCUT2D eigenvalue weighted by atomic mass is 35.5. The Hall–Kier alpha value is -1.25. The standard InChI is InChI=1S/C14H17ClN2/c1-2-9-16-11-14-4-3-10-17(14)13-7-5-12(15)6-8-13/h3-8,10,16H,2,9,11H2,1H3. The van der Waals surface area contributed by atoms with E-state index < -0.39 is 0 Å². The Balaban J connectivity index is 2.15. The van der Waals surface area contributed by atoms with Crippen molar-refractivity contribution in [2.45, 2.75) is 19.9 Å². The number of hydrogen-bond donors (Lipinski definition) is 1. The summed E-state index contributed by atoms with van der Waals surface area (Å²) in [6.45, 7) is 4.11. The molecular formula is C14H17ClN2. The van der Waals surface area contributed by atoms with Gasteiger partial charge < -0.3 is 9.88 Å². The average molecular weight is 249 g/mol. The fraction of sp³-hybridized carbons (Fsp3) is 0.286. The van der Waals surface area contributed by atoms with E-state index in [1.807, 2.05) is 24.3 Å². The van der Waals surface area contributed by atoms with Crippen LogP contribution in [0, 0.1) is 0 Å². The summed E-state index contributed by atoms with van der Waals surface area (Å²) in [5, 5.41) is 4.18. The summed E-state index contributed by atoms with van der Waals surface area (Å²) in [6, 6.07) is 12.1. The minimum atomic E-state index is 0.770. The van der Waals surface area contributed by atoms with Gasteiger partial charge in [0.05, 0.1) is 0 Å². The van der Waals surface area contributed by atoms with Crippen molar-refractivity contribution < 1.29 is 0 Å². The molecular weight excluding hydrogens is 232 g/mol. The zero-order valence-corrected chi connectivity index (χ0v) is 10.7. The molecule has 0 aliphatic heterocycles. The van der Waals surface area contributed by atoms with Crippen LogP contribution in [-0.2, 0) is 6.54 Å². The first kappa shape index (κ1) is 12.2. The Kier molecular flexibility index (Phi) is 4.24. The molecule has 2 nitrogen and oxygen atoms in total. The van der Waals surface area contributed by atoms with Crippen LogP contribution >= 0.6 is 11.6 Å². The molecule has 0 aliphatic carbocycles. The largest absolute Gasteiger partial charge is 0.320 e. The highest BCUT2D eigenvalue weighted by molar-refractivity contribution is 6.30. The van der Waals surface area contributed by atoms with Crippen molar-refractivity contribution in [2.75, 3.05) is 6.54 Å². The van der Waals surface area contributed by atoms with Gasteiger partial charge in [0.25, 0.3) is 0 Å². The molecule has 0 spiro atoms. The summed E-state index contributed by atoms with van der Waals surface area (Å²) in [5.74, 6) is 0. The SMILES string of the molecule is CCCNCc1cccn1-c1ccc(Cl)cc1. The predicted molar refractivity (Wildman–Crippen MR) is 72.8 cm³/mol. The van der Waals surface area contributed by atoms with Gasteiger partial charge in [-0.1, -0.05) is 18.5 Å². The van der Waals surface area contributed by atoms with Gasteiger partial charge in [0.2, 0.25) is 0 Å². The first-order valence-electron chi connectivity index (χ1n) is 5.94. The molecule has 90 valence electrons. The van der Waals surface area contributed by atoms with Gasteiger partial charge in [-0.3, -0.25) is 0 Å². The van der Waals surface area contributed by atoms with Gasteiger partial charge in [-0.25, -0.2) is 0 Å². The summed E-state index contributed by atoms with van der Waals surface area (Å²) in [5.41, 5.74) is 2.41. The predicted octanol–water partition coefficient (Wildman–Crippen LogP) is 3.63. The maximum Gasteiger partial charge on any atom is 0.0453 e. The van der Waals surface area contributed by atoms with E-state index in [-0.39, 0.29) is 0 Å². The minimum Gasteiger partial charge on any atom is -0.320 e. The first-order valence-corrected chi connectivity index (χ1v) is 6.32. The van der Waals surface area contributed by atoms with E-state index in [1.165, 1.54) is 5.69 Å². The molecule has 0 amide bonds. The van der Waals surface area contributed by atoms with Crippen molar-refractivity contribution in [1.29, 1.82) is 0 Å². The van der Waals surface area contributed by atoms with Crippen molar-refractivity contribution in [2.24, 2.45) is 0 Å². The van der Waals surface area contributed by atoms with Gasteiger partial charge in [-0.2, -0.15) is 0 Å². The van der Waals surface area contributed by atoms with Crippen molar-refractivity contribution >= 4 is 11.6 Å². The van der Waals surface area contributed by atoms with Gasteiger partial charge in [-0.15, -0.1) is 0 Å². The maximum absolute atomic E-state index is 5.89. The van der Waals surface area contributed by atoms with Crippen LogP contribution in [-0.4, -0.2) is 11.1 Å². The topological polar surface area (TPSA) is 17.0 Å². The number of halogens is 1. The Bertz CT molecular complexity index is 459. The van der Waals surface area contributed by atoms with Gasteiger partial charge in [0.15, 0.2) is 0 Å². The van der Waals surface area contributed by atoms with Gasteiger partial charge in [0.1, 0.15) is 0 Å². The molecule has 0 aliphatic rings. The second-order valence-corrected chi connectivity index (χ2v) is 4.46. The van der Waals surface area contributed by atoms with E-state index in [1.54, 1.807) is 0 Å². The van der Waals surface area contributed by atoms with Crippen LogP contribution in [0.4, 0.5) is 0 Å². The van der Waals surface area contributed by atoms with E-state index in [4.69, 9.17) is 11.6 Å². The quantitative estimate of drug-likeness (QED) is 0.800. The zero-order valence-electron chi connectivity index (χ0n) is 9.99. The number of nitrogens with zero attached hydrogens (tertiary/aromatic N) is 1. The molecule has 0 bridgehead atoms. The van der Waals surface area contributed by atoms with Crippen LogP contribution in [0.1, 0.15) is 19.0 Å². The fourth-order valence-corrected chi connectivity index (χ4v) is 1.93. The van der Waals surface area contributed by atoms with E-state index in [0.717, 1.165) is 30.2 Å². The van der Waals surface area contributed by atoms with Crippen LogP contribution in [0.15, 0.2) is 42.6 Å². The molecule has 0 atom stereocenters. The van der Waals surface area contributed by atoms with Crippen molar-refractivity contribution in [1.82, 2.24) is 9.88 Å². The Labute approximate surface area is 107 Å². The second kappa shape index (κ2) is 5.89. The Morgan fingerprint density at radius 1 is 1.18 bits per heavy atom. The molecule has 0 fully saturated rings. The lowest BCUT2D eigenvalue weighted by molar-refractivity contribution is 0.656. The van der Waals surface area contributed by atoms with Crippen LogP contribution in [0.25, 0.3) is 5.69 Å². The lowest BCUT2D eigenvalue weighted by atomic mass is 10.3. The van der Waals surface area contributed by atoms with Crippen LogP contribution in [0.3, 0.4) is 0 Å². The highest BCUT2D eigenvalue weighted by Gasteiger charge is 2.02. The zero-order chi connectivity index (χ0) is 12.1. The molecule has 2 aromatic rings. The molecule has 17 heavy (non-hydrogen) atoms. The van der Waals surface area contributed by atoms with E-state index in [0.29, 0.717) is 0 Å². The molecule has 0 saturated carbocycles. The van der Waals surface area contributed by atoms with E-state index in [2.05, 4.69) is 35.1 Å². The summed E-state index contributed by atoms with van der Waals surface area (Å²) < 4.78 is 2.18. The average Bonchev–Trinajstić information content (AvgIpc) is 2.79. The molecule has 3 heteroatoms. The molecule has 1 N–H and O–H groups in total. The summed E-state index contributed by atoms with van der Waals surface area (Å²) in [6.07, 6.45) is 3.23. The molecule has 1 aromatic heterocycles. The Morgan fingerprint density at radius 2 is 1.94 bits per heavy atom. The van der Waals surface area contributed by atoms with Crippen LogP contribution in [0.5, 0.6) is 0 Å². The molecule has 2 rings (SSSR count). The molecule has 0 saturated heterocycles. The van der Waals surface area contributed by atoms with Crippen LogP contribution in [0.2, 0.25) is 5.02 Å². The van der Waals surface area contributed by atoms with E-state index in [9.17, 15) is 0 Å². The number of benzene rings is 1. The number of nitrogens with one attached hydrogen (secondary N) is 1. The molecule has 1 aromatic carbocycles. The maximum atomic E-state index is 5.89. The van der Waals surface area contributed by atoms with Crippen molar-refractivity contribution in [3.05, 3.63) is 53.3 Å². The monoisotopic (exact) mass is 248 g/mol. The Morgan fingerprint density at radius 3 is 2.65 bits per heavy atom. The van der Waals surface area contributed by atoms with E-state index >= 15 is 0 Å². The number of aromatic nitrogens is 1. The molecule has 0 unspecified atom stereocenters. The molecule has 1 heterocycles. The summed E-state index contributed by atoms with van der Waals surface area (Å²) in [7, 11) is 0. The van der Waals surface area contributed by atoms with Crippen molar-refractivity contribution in [3.8, 4) is 5.69 Å². The van der Waals surface area contributed by atoms with Gasteiger partial charge in [0, 0.05) is 29.1 Å². The first-order chi connectivity index (χ1) is 8.31. The summed E-state index contributed by atoms with van der Waals surface area (Å²) >= 11 is 5.89. The molecule has 0 radical (unpaired) electrons. The third-order valence-electron chi connectivity index (χ3n) is 2.67. The van der Waals surface area contributed by atoms with Crippen LogP contribution < -0.4 is 5.32 Å². The normalized spacial score (nSPS) is 10.7. The smallest absolute Gasteiger partial charge is 0.0453 e. The minimum absolute atomic E-state index is 0.770. The lowest BCUT2D eigenvalue weighted by Crippen LogP contribution is -2.16. The van der Waals surface area contributed by atoms with Gasteiger partial charge >= 0.3 is 0 Å². The summed E-state index contributed by atoms with van der Waals surface area (Å²) in [4.78, 5) is 0. The van der Waals surface area contributed by atoms with Crippen molar-refractivity contribution in [3.63, 3.8) is 0 Å². The number of hydrogen-bond acceptors (Lipinski definition) is 1. The highest BCUT2D eigenvalue weighted by Crippen LogP contribution is 2.16. The number of rotatable bonds is 5. The third kappa shape index (κ3) is 3.11.